The molecule has 10 heteroatoms. The molecule has 0 bridgehead atoms. The monoisotopic (exact) mass is 414 g/mol. The zero-order valence-electron chi connectivity index (χ0n) is 17.4. The average molecular weight is 414 g/mol. The van der Waals surface area contributed by atoms with E-state index in [1.165, 1.54) is 0 Å². The topological polar surface area (TPSA) is 107 Å². The van der Waals surface area contributed by atoms with Crippen molar-refractivity contribution in [2.75, 3.05) is 38.1 Å². The first-order chi connectivity index (χ1) is 15.2. The van der Waals surface area contributed by atoms with Gasteiger partial charge in [-0.25, -0.2) is 15.0 Å². The van der Waals surface area contributed by atoms with Crippen LogP contribution in [0.25, 0.3) is 44.7 Å². The van der Waals surface area contributed by atoms with E-state index in [1.807, 2.05) is 37.9 Å². The van der Waals surface area contributed by atoms with Crippen LogP contribution in [0.15, 0.2) is 36.9 Å². The minimum Gasteiger partial charge on any atom is -0.352 e. The molecule has 5 aromatic rings. The number of likely N-dealkylation sites (N-methyl/N-ethyl adjacent to an activating group) is 1. The molecule has 0 spiro atoms. The molecule has 6 heterocycles. The molecule has 0 saturated carbocycles. The summed E-state index contributed by atoms with van der Waals surface area (Å²) in [6.45, 7) is 3.91. The lowest BCUT2D eigenvalue weighted by Crippen LogP contribution is -2.44. The number of imidazole rings is 1. The number of aryl methyl sites for hydroxylation is 1. The zero-order valence-corrected chi connectivity index (χ0v) is 17.4. The maximum Gasteiger partial charge on any atom is 0.159 e. The summed E-state index contributed by atoms with van der Waals surface area (Å²) in [5.74, 6) is 1.62. The van der Waals surface area contributed by atoms with Crippen molar-refractivity contribution >= 4 is 27.9 Å². The van der Waals surface area contributed by atoms with Crippen molar-refractivity contribution < 1.29 is 0 Å². The number of pyridine rings is 2. The molecule has 0 unspecified atom stereocenters. The molecule has 0 aromatic carbocycles. The number of nitrogens with zero attached hydrogens (tertiary/aromatic N) is 8. The third-order valence-electron chi connectivity index (χ3n) is 5.86. The number of H-pyrrole nitrogens is 2. The highest BCUT2D eigenvalue weighted by molar-refractivity contribution is 5.95. The first-order valence-electron chi connectivity index (χ1n) is 10.3. The number of fused-ring (bicyclic) bond motifs is 2. The van der Waals surface area contributed by atoms with Gasteiger partial charge < -0.3 is 14.8 Å². The van der Waals surface area contributed by atoms with Crippen molar-refractivity contribution in [2.45, 2.75) is 0 Å². The number of nitrogens with one attached hydrogen (secondary N) is 2. The molecule has 0 atom stereocenters. The van der Waals surface area contributed by atoms with Gasteiger partial charge in [0.1, 0.15) is 11.2 Å². The second kappa shape index (κ2) is 6.88. The lowest BCUT2D eigenvalue weighted by atomic mass is 10.1. The first-order valence-corrected chi connectivity index (χ1v) is 10.3. The van der Waals surface area contributed by atoms with Crippen LogP contribution in [-0.2, 0) is 7.05 Å². The van der Waals surface area contributed by atoms with Crippen LogP contribution in [0, 0.1) is 0 Å². The fourth-order valence-electron chi connectivity index (χ4n) is 4.10. The van der Waals surface area contributed by atoms with E-state index in [0.717, 1.165) is 70.9 Å². The second-order valence-corrected chi connectivity index (χ2v) is 8.00. The number of hydrogen-bond acceptors (Lipinski definition) is 7. The Balaban J connectivity index is 1.44. The molecule has 1 aliphatic rings. The summed E-state index contributed by atoms with van der Waals surface area (Å²) in [7, 11) is 4.05. The van der Waals surface area contributed by atoms with Crippen LogP contribution < -0.4 is 4.90 Å². The predicted octanol–water partition coefficient (Wildman–Crippen LogP) is 2.05. The molecule has 2 N–H and O–H groups in total. The molecule has 1 aliphatic heterocycles. The molecule has 1 saturated heterocycles. The number of anilines is 1. The standard InChI is InChI=1S/C21H22N10/c1-29-5-7-31(8-6-29)21-18-16(3-4-22-21)25-20(26-18)17-15-9-13(10-23-19(15)28-27-17)14-11-24-30(2)12-14/h3-4,9-12H,5-8H2,1-2H3,(H,25,26)(H,23,27,28). The van der Waals surface area contributed by atoms with Crippen molar-refractivity contribution in [3.8, 4) is 22.6 Å². The van der Waals surface area contributed by atoms with Crippen LogP contribution in [0.4, 0.5) is 5.82 Å². The maximum absolute atomic E-state index is 4.91. The van der Waals surface area contributed by atoms with Gasteiger partial charge in [-0.05, 0) is 19.2 Å². The fourth-order valence-corrected chi connectivity index (χ4v) is 4.10. The molecule has 6 rings (SSSR count). The highest BCUT2D eigenvalue weighted by Crippen LogP contribution is 2.31. The molecule has 0 radical (unpaired) electrons. The van der Waals surface area contributed by atoms with Gasteiger partial charge in [-0.3, -0.25) is 9.78 Å². The lowest BCUT2D eigenvalue weighted by molar-refractivity contribution is 0.312. The Kier molecular flexibility index (Phi) is 4.00. The lowest BCUT2D eigenvalue weighted by Gasteiger charge is -2.33. The molecule has 0 amide bonds. The minimum atomic E-state index is 0.703. The summed E-state index contributed by atoms with van der Waals surface area (Å²) in [6.07, 6.45) is 7.47. The van der Waals surface area contributed by atoms with E-state index in [-0.39, 0.29) is 0 Å². The Bertz CT molecular complexity index is 1390. The molecule has 1 fully saturated rings. The van der Waals surface area contributed by atoms with Gasteiger partial charge in [0.05, 0.1) is 17.1 Å². The van der Waals surface area contributed by atoms with E-state index < -0.39 is 0 Å². The molecule has 10 nitrogen and oxygen atoms in total. The van der Waals surface area contributed by atoms with Gasteiger partial charge in [-0.15, -0.1) is 0 Å². The quantitative estimate of drug-likeness (QED) is 0.465. The van der Waals surface area contributed by atoms with E-state index in [1.54, 1.807) is 4.68 Å². The van der Waals surface area contributed by atoms with E-state index in [0.29, 0.717) is 5.82 Å². The van der Waals surface area contributed by atoms with Crippen molar-refractivity contribution in [2.24, 2.45) is 7.05 Å². The van der Waals surface area contributed by atoms with Gasteiger partial charge in [-0.2, -0.15) is 10.2 Å². The highest BCUT2D eigenvalue weighted by atomic mass is 15.3. The Morgan fingerprint density at radius 2 is 1.87 bits per heavy atom. The second-order valence-electron chi connectivity index (χ2n) is 8.00. The number of aromatic nitrogens is 8. The number of hydrogen-bond donors (Lipinski definition) is 2. The SMILES string of the molecule is CN1CCN(c2nccc3[nH]c(-c4n[nH]c5ncc(-c6cnn(C)c6)cc45)nc23)CC1. The van der Waals surface area contributed by atoms with E-state index in [2.05, 4.69) is 53.2 Å². The van der Waals surface area contributed by atoms with Gasteiger partial charge in [0.25, 0.3) is 0 Å². The Morgan fingerprint density at radius 1 is 1.00 bits per heavy atom. The summed E-state index contributed by atoms with van der Waals surface area (Å²) in [5, 5.41) is 12.7. The summed E-state index contributed by atoms with van der Waals surface area (Å²) < 4.78 is 1.78. The molecule has 156 valence electrons. The zero-order chi connectivity index (χ0) is 20.9. The van der Waals surface area contributed by atoms with Gasteiger partial charge in [0.2, 0.25) is 0 Å². The van der Waals surface area contributed by atoms with Gasteiger partial charge in [-0.1, -0.05) is 0 Å². The van der Waals surface area contributed by atoms with Crippen LogP contribution in [0.2, 0.25) is 0 Å². The third kappa shape index (κ3) is 3.03. The Labute approximate surface area is 177 Å². The van der Waals surface area contributed by atoms with E-state index >= 15 is 0 Å². The number of piperazine rings is 1. The van der Waals surface area contributed by atoms with Crippen molar-refractivity contribution in [1.82, 2.24) is 44.8 Å². The molecular weight excluding hydrogens is 392 g/mol. The molecular formula is C21H22N10. The van der Waals surface area contributed by atoms with Crippen LogP contribution in [-0.4, -0.2) is 78.0 Å². The summed E-state index contributed by atoms with van der Waals surface area (Å²) in [4.78, 5) is 22.2. The number of rotatable bonds is 3. The van der Waals surface area contributed by atoms with Gasteiger partial charge in [0.15, 0.2) is 17.3 Å². The Morgan fingerprint density at radius 3 is 2.68 bits per heavy atom. The van der Waals surface area contributed by atoms with Crippen LogP contribution in [0.1, 0.15) is 0 Å². The van der Waals surface area contributed by atoms with Gasteiger partial charge >= 0.3 is 0 Å². The van der Waals surface area contributed by atoms with Crippen molar-refractivity contribution in [3.05, 3.63) is 36.9 Å². The fraction of sp³-hybridized carbons (Fsp3) is 0.286. The summed E-state index contributed by atoms with van der Waals surface area (Å²) in [6, 6.07) is 4.03. The molecule has 0 aliphatic carbocycles. The van der Waals surface area contributed by atoms with Gasteiger partial charge in [0, 0.05) is 62.9 Å². The third-order valence-corrected chi connectivity index (χ3v) is 5.86. The Hall–Kier alpha value is -3.79. The normalized spacial score (nSPS) is 15.4. The number of aromatic amines is 2. The average Bonchev–Trinajstić information content (AvgIpc) is 3.51. The van der Waals surface area contributed by atoms with E-state index in [9.17, 15) is 0 Å². The minimum absolute atomic E-state index is 0.703. The van der Waals surface area contributed by atoms with Crippen LogP contribution in [0.3, 0.4) is 0 Å². The summed E-state index contributed by atoms with van der Waals surface area (Å²) >= 11 is 0. The van der Waals surface area contributed by atoms with Crippen molar-refractivity contribution in [3.63, 3.8) is 0 Å². The van der Waals surface area contributed by atoms with Crippen LogP contribution >= 0.6 is 0 Å². The first kappa shape index (κ1) is 18.0. The van der Waals surface area contributed by atoms with Crippen LogP contribution in [0.5, 0.6) is 0 Å². The highest BCUT2D eigenvalue weighted by Gasteiger charge is 2.21. The van der Waals surface area contributed by atoms with Crippen molar-refractivity contribution in [1.29, 1.82) is 0 Å². The predicted molar refractivity (Wildman–Crippen MR) is 119 cm³/mol. The largest absolute Gasteiger partial charge is 0.352 e. The summed E-state index contributed by atoms with van der Waals surface area (Å²) in [5.41, 5.74) is 5.28. The van der Waals surface area contributed by atoms with E-state index in [4.69, 9.17) is 4.98 Å². The molecule has 31 heavy (non-hydrogen) atoms. The maximum atomic E-state index is 4.91. The molecule has 5 aromatic heterocycles. The smallest absolute Gasteiger partial charge is 0.159 e.